The molecule has 5 N–H and O–H groups in total. The average Bonchev–Trinajstić information content (AvgIpc) is 3.45. The van der Waals surface area contributed by atoms with Crippen LogP contribution in [0.1, 0.15) is 59.1 Å². The molecule has 1 aliphatic heterocycles. The van der Waals surface area contributed by atoms with Gasteiger partial charge in [-0.1, -0.05) is 13.8 Å². The molecule has 2 bridgehead atoms. The standard InChI is InChI=1S/C30H38O12.Ac/c1-13-17(42-26(36)21(33)14(2)16-8-7-9-39-16)11-30(38)25(41-15(3)31)23-28(6,18(32)10-19-29(23,37)12-40-19)24(35)22(34)20(13)27(30,4)5;/h2,7-9,14,17-19,21-23,25,32-34,37-38H,10-12H2,1,3-6H3;/t14-,17?,18-,19+,21+,22+,23-,25-,28+,29-,30+;/m0./s1. The van der Waals surface area contributed by atoms with Gasteiger partial charge in [-0.2, -0.15) is 0 Å². The van der Waals surface area contributed by atoms with Crippen molar-refractivity contribution < 1.29 is 103 Å². The molecule has 0 aromatic carbocycles. The Kier molecular flexibility index (Phi) is 9.34. The smallest absolute Gasteiger partial charge is 0.336 e. The van der Waals surface area contributed by atoms with Crippen LogP contribution in [0.4, 0.5) is 0 Å². The molecular weight excluding hydrogens is 779 g/mol. The third kappa shape index (κ3) is 4.92. The number of fused-ring (bicyclic) bond motifs is 5. The summed E-state index contributed by atoms with van der Waals surface area (Å²) < 4.78 is 22.1. The van der Waals surface area contributed by atoms with Gasteiger partial charge in [-0.05, 0) is 44.1 Å². The minimum atomic E-state index is -2.17. The van der Waals surface area contributed by atoms with Crippen molar-refractivity contribution in [2.45, 2.75) is 101 Å². The van der Waals surface area contributed by atoms with Gasteiger partial charge in [0.15, 0.2) is 11.9 Å². The molecule has 2 heterocycles. The van der Waals surface area contributed by atoms with E-state index in [4.69, 9.17) is 25.6 Å². The van der Waals surface area contributed by atoms with Crippen molar-refractivity contribution in [3.63, 3.8) is 0 Å². The van der Waals surface area contributed by atoms with Crippen molar-refractivity contribution in [2.75, 3.05) is 6.61 Å². The number of ketones is 1. The minimum absolute atomic E-state index is 0. The molecule has 1 aromatic heterocycles. The van der Waals surface area contributed by atoms with E-state index in [-0.39, 0.29) is 74.0 Å². The van der Waals surface area contributed by atoms with Gasteiger partial charge in [-0.25, -0.2) is 4.79 Å². The fourth-order valence-corrected chi connectivity index (χ4v) is 7.79. The van der Waals surface area contributed by atoms with Gasteiger partial charge in [0.05, 0.1) is 36.4 Å². The third-order valence-corrected chi connectivity index (χ3v) is 10.4. The fourth-order valence-electron chi connectivity index (χ4n) is 7.79. The van der Waals surface area contributed by atoms with E-state index in [1.165, 1.54) is 32.2 Å². The van der Waals surface area contributed by atoms with Crippen LogP contribution in [0.5, 0.6) is 0 Å². The summed E-state index contributed by atoms with van der Waals surface area (Å²) in [5.74, 6) is -5.41. The molecule has 11 atom stereocenters. The van der Waals surface area contributed by atoms with E-state index in [0.29, 0.717) is 0 Å². The predicted molar refractivity (Wildman–Crippen MR) is 141 cm³/mol. The van der Waals surface area contributed by atoms with E-state index in [0.717, 1.165) is 6.92 Å². The van der Waals surface area contributed by atoms with Gasteiger partial charge in [-0.15, -0.1) is 0 Å². The maximum Gasteiger partial charge on any atom is 0.336 e. The molecule has 3 fully saturated rings. The first kappa shape index (κ1) is 34.7. The van der Waals surface area contributed by atoms with E-state index in [1.807, 2.05) is 0 Å². The Hall–Kier alpha value is -1.17. The van der Waals surface area contributed by atoms with Gasteiger partial charge in [0.25, 0.3) is 0 Å². The SMILES string of the molecule is [Ac].[CH][C@@H](c1ccco1)[C@@H](O)C(=O)OC1C[C@@]2(O)[C@@H](OC(C)=O)[C@@H]3[C@]4(O)CO[C@@H]4C[C@H](O)[C@@]3(C)C(=O)[C@H](O)C(=C1C)C2(C)C. The van der Waals surface area contributed by atoms with Gasteiger partial charge in [0.1, 0.15) is 35.3 Å². The van der Waals surface area contributed by atoms with Crippen molar-refractivity contribution in [1.82, 2.24) is 0 Å². The number of ether oxygens (including phenoxy) is 3. The van der Waals surface area contributed by atoms with Crippen molar-refractivity contribution in [3.05, 3.63) is 42.2 Å². The first-order chi connectivity index (χ1) is 19.4. The summed E-state index contributed by atoms with van der Waals surface area (Å²) >= 11 is 0. The van der Waals surface area contributed by atoms with E-state index in [1.54, 1.807) is 13.8 Å². The summed E-state index contributed by atoms with van der Waals surface area (Å²) in [5.41, 5.74) is -7.10. The molecule has 5 rings (SSSR count). The average molecular weight is 818 g/mol. The normalized spacial score (nSPS) is 41.2. The topological polar surface area (TPSA) is 193 Å². The maximum atomic E-state index is 14.2. The summed E-state index contributed by atoms with van der Waals surface area (Å²) in [6, 6.07) is 3.01. The first-order valence-corrected chi connectivity index (χ1v) is 14.0. The number of aliphatic hydroxyl groups excluding tert-OH is 3. The van der Waals surface area contributed by atoms with E-state index >= 15 is 0 Å². The van der Waals surface area contributed by atoms with E-state index in [9.17, 15) is 39.9 Å². The summed E-state index contributed by atoms with van der Waals surface area (Å²) in [6.07, 6.45) is -8.27. The van der Waals surface area contributed by atoms with Crippen LogP contribution in [0.3, 0.4) is 0 Å². The molecule has 1 unspecified atom stereocenters. The number of hydrogen-bond donors (Lipinski definition) is 5. The number of carbonyl (C=O) groups is 3. The summed E-state index contributed by atoms with van der Waals surface area (Å²) in [6.45, 7) is 12.8. The summed E-state index contributed by atoms with van der Waals surface area (Å²) in [5, 5.41) is 58.1. The van der Waals surface area contributed by atoms with Gasteiger partial charge < -0.3 is 44.2 Å². The Bertz CT molecular complexity index is 1310. The molecule has 12 nitrogen and oxygen atoms in total. The van der Waals surface area contributed by atoms with Crippen LogP contribution in [0.15, 0.2) is 34.0 Å². The van der Waals surface area contributed by atoms with E-state index in [2.05, 4.69) is 0 Å². The molecule has 1 saturated heterocycles. The zero-order valence-electron chi connectivity index (χ0n) is 24.7. The van der Waals surface area contributed by atoms with Gasteiger partial charge in [0.2, 0.25) is 0 Å². The number of esters is 2. The monoisotopic (exact) mass is 817 g/mol. The predicted octanol–water partition coefficient (Wildman–Crippen LogP) is 0.217. The Morgan fingerprint density at radius 1 is 1.16 bits per heavy atom. The molecule has 2 saturated carbocycles. The number of hydrogen-bond acceptors (Lipinski definition) is 12. The van der Waals surface area contributed by atoms with E-state index < -0.39 is 94.6 Å². The Morgan fingerprint density at radius 3 is 2.35 bits per heavy atom. The number of rotatable bonds is 5. The van der Waals surface area contributed by atoms with Crippen molar-refractivity contribution in [1.29, 1.82) is 0 Å². The van der Waals surface area contributed by atoms with Crippen LogP contribution in [0.25, 0.3) is 0 Å². The van der Waals surface area contributed by atoms with Gasteiger partial charge in [0, 0.05) is 75.2 Å². The molecule has 233 valence electrons. The quantitative estimate of drug-likeness (QED) is 0.201. The van der Waals surface area contributed by atoms with Crippen LogP contribution in [-0.2, 0) is 28.6 Å². The second kappa shape index (κ2) is 11.6. The van der Waals surface area contributed by atoms with Crippen LogP contribution in [0, 0.1) is 67.7 Å². The van der Waals surface area contributed by atoms with Crippen molar-refractivity contribution in [2.24, 2.45) is 16.7 Å². The number of Topliss-reactive ketones (excluding diaryl/α,β-unsaturated/α-hetero) is 1. The Morgan fingerprint density at radius 2 is 1.81 bits per heavy atom. The second-order valence-corrected chi connectivity index (χ2v) is 12.9. The van der Waals surface area contributed by atoms with Gasteiger partial charge >= 0.3 is 11.9 Å². The zero-order valence-corrected chi connectivity index (χ0v) is 29.5. The molecule has 0 spiro atoms. The van der Waals surface area contributed by atoms with Gasteiger partial charge in [-0.3, -0.25) is 9.59 Å². The Balaban J connectivity index is 0.00000423. The van der Waals surface area contributed by atoms with Crippen LogP contribution < -0.4 is 0 Å². The molecule has 0 amide bonds. The molecule has 1 aromatic rings. The fraction of sp³-hybridized carbons (Fsp3) is 0.667. The largest absolute Gasteiger partial charge is 0.469 e. The summed E-state index contributed by atoms with van der Waals surface area (Å²) in [7, 11) is 0. The van der Waals surface area contributed by atoms with Crippen LogP contribution >= 0.6 is 0 Å². The molecular formula is C30H38AcO12. The van der Waals surface area contributed by atoms with Crippen LogP contribution in [0.2, 0.25) is 0 Å². The van der Waals surface area contributed by atoms with Crippen molar-refractivity contribution in [3.8, 4) is 0 Å². The number of furan rings is 1. The molecule has 43 heavy (non-hydrogen) atoms. The Labute approximate surface area is 285 Å². The molecule has 3 aliphatic carbocycles. The molecule has 4 aliphatic rings. The minimum Gasteiger partial charge on any atom is -0.469 e. The van der Waals surface area contributed by atoms with Crippen molar-refractivity contribution >= 4 is 17.7 Å². The first-order valence-electron chi connectivity index (χ1n) is 14.0. The van der Waals surface area contributed by atoms with Crippen LogP contribution in [-0.4, -0.2) is 97.7 Å². The zero-order chi connectivity index (χ0) is 31.2. The molecule has 3 radical (unpaired) electrons. The molecule has 13 heteroatoms. The summed E-state index contributed by atoms with van der Waals surface area (Å²) in [4.78, 5) is 39.9. The third-order valence-electron chi connectivity index (χ3n) is 10.4. The second-order valence-electron chi connectivity index (χ2n) is 12.9. The maximum absolute atomic E-state index is 14.2. The number of carbonyl (C=O) groups excluding carboxylic acids is 3. The number of aliphatic hydroxyl groups is 5.